The van der Waals surface area contributed by atoms with Crippen molar-refractivity contribution in [2.24, 2.45) is 5.73 Å². The van der Waals surface area contributed by atoms with Crippen LogP contribution in [0.15, 0.2) is 48.5 Å². The molecule has 0 heterocycles. The third kappa shape index (κ3) is 3.52. The van der Waals surface area contributed by atoms with E-state index >= 15 is 0 Å². The summed E-state index contributed by atoms with van der Waals surface area (Å²) < 4.78 is 10.8. The predicted octanol–water partition coefficient (Wildman–Crippen LogP) is 3.53. The molecular weight excluding hydrogens is 250 g/mol. The van der Waals surface area contributed by atoms with E-state index in [2.05, 4.69) is 6.92 Å². The zero-order chi connectivity index (χ0) is 14.4. The fraction of sp³-hybridized carbons (Fsp3) is 0.294. The second-order valence-corrected chi connectivity index (χ2v) is 4.67. The molecular formula is C17H21NO2. The summed E-state index contributed by atoms with van der Waals surface area (Å²) in [6, 6.07) is 15.6. The lowest BCUT2D eigenvalue weighted by atomic mass is 9.99. The molecule has 0 spiro atoms. The summed E-state index contributed by atoms with van der Waals surface area (Å²) in [6.07, 6.45) is 0.995. The molecule has 0 saturated heterocycles. The van der Waals surface area contributed by atoms with Crippen LogP contribution in [0, 0.1) is 0 Å². The molecule has 0 amide bonds. The van der Waals surface area contributed by atoms with Gasteiger partial charge in [-0.05, 0) is 41.8 Å². The standard InChI is InChI=1S/C17H21NO2/c1-3-11-20-16-6-4-5-14(12-16)17(18)13-7-9-15(19-2)10-8-13/h4-10,12,17H,3,11,18H2,1-2H3. The SMILES string of the molecule is CCCOc1cccc(C(N)c2ccc(OC)cc2)c1. The van der Waals surface area contributed by atoms with Gasteiger partial charge in [0.05, 0.1) is 19.8 Å². The molecule has 0 aliphatic carbocycles. The van der Waals surface area contributed by atoms with Crippen molar-refractivity contribution < 1.29 is 9.47 Å². The summed E-state index contributed by atoms with van der Waals surface area (Å²) in [5.41, 5.74) is 8.41. The third-order valence-electron chi connectivity index (χ3n) is 3.16. The molecule has 3 heteroatoms. The molecule has 2 aromatic carbocycles. The van der Waals surface area contributed by atoms with Gasteiger partial charge in [0.2, 0.25) is 0 Å². The Morgan fingerprint density at radius 2 is 1.75 bits per heavy atom. The van der Waals surface area contributed by atoms with Gasteiger partial charge in [0, 0.05) is 0 Å². The molecule has 20 heavy (non-hydrogen) atoms. The molecule has 2 N–H and O–H groups in total. The lowest BCUT2D eigenvalue weighted by Gasteiger charge is -2.14. The molecule has 0 saturated carbocycles. The highest BCUT2D eigenvalue weighted by Crippen LogP contribution is 2.24. The van der Waals surface area contributed by atoms with E-state index in [9.17, 15) is 0 Å². The number of nitrogens with two attached hydrogens (primary N) is 1. The van der Waals surface area contributed by atoms with Crippen molar-refractivity contribution >= 4 is 0 Å². The Kier molecular flexibility index (Phi) is 5.02. The molecule has 0 radical (unpaired) electrons. The van der Waals surface area contributed by atoms with E-state index in [-0.39, 0.29) is 6.04 Å². The average Bonchev–Trinajstić information content (AvgIpc) is 2.52. The van der Waals surface area contributed by atoms with Crippen LogP contribution in [-0.4, -0.2) is 13.7 Å². The van der Waals surface area contributed by atoms with Crippen molar-refractivity contribution in [3.63, 3.8) is 0 Å². The molecule has 2 aromatic rings. The highest BCUT2D eigenvalue weighted by atomic mass is 16.5. The summed E-state index contributed by atoms with van der Waals surface area (Å²) >= 11 is 0. The maximum atomic E-state index is 6.31. The van der Waals surface area contributed by atoms with Gasteiger partial charge in [0.1, 0.15) is 11.5 Å². The highest BCUT2D eigenvalue weighted by molar-refractivity contribution is 5.38. The number of hydrogen-bond acceptors (Lipinski definition) is 3. The van der Waals surface area contributed by atoms with Crippen LogP contribution in [-0.2, 0) is 0 Å². The number of ether oxygens (including phenoxy) is 2. The number of methoxy groups -OCH3 is 1. The van der Waals surface area contributed by atoms with E-state index in [1.165, 1.54) is 0 Å². The number of benzene rings is 2. The predicted molar refractivity (Wildman–Crippen MR) is 81.3 cm³/mol. The minimum atomic E-state index is -0.161. The first-order chi connectivity index (χ1) is 9.74. The lowest BCUT2D eigenvalue weighted by molar-refractivity contribution is 0.317. The van der Waals surface area contributed by atoms with Crippen LogP contribution >= 0.6 is 0 Å². The molecule has 106 valence electrons. The van der Waals surface area contributed by atoms with Crippen molar-refractivity contribution in [3.8, 4) is 11.5 Å². The second kappa shape index (κ2) is 6.96. The van der Waals surface area contributed by atoms with E-state index in [1.807, 2.05) is 48.5 Å². The molecule has 1 atom stereocenters. The summed E-state index contributed by atoms with van der Waals surface area (Å²) in [6.45, 7) is 2.81. The van der Waals surface area contributed by atoms with Crippen molar-refractivity contribution in [3.05, 3.63) is 59.7 Å². The normalized spacial score (nSPS) is 11.9. The molecule has 0 bridgehead atoms. The summed E-state index contributed by atoms with van der Waals surface area (Å²) in [5, 5.41) is 0. The maximum Gasteiger partial charge on any atom is 0.119 e. The van der Waals surface area contributed by atoms with Gasteiger partial charge in [0.25, 0.3) is 0 Å². The molecule has 0 aliphatic rings. The van der Waals surface area contributed by atoms with Crippen molar-refractivity contribution in [1.29, 1.82) is 0 Å². The minimum Gasteiger partial charge on any atom is -0.497 e. The topological polar surface area (TPSA) is 44.5 Å². The van der Waals surface area contributed by atoms with Gasteiger partial charge in [0.15, 0.2) is 0 Å². The highest BCUT2D eigenvalue weighted by Gasteiger charge is 2.09. The molecule has 0 aliphatic heterocycles. The average molecular weight is 271 g/mol. The van der Waals surface area contributed by atoms with Crippen LogP contribution < -0.4 is 15.2 Å². The van der Waals surface area contributed by atoms with Gasteiger partial charge >= 0.3 is 0 Å². The fourth-order valence-electron chi connectivity index (χ4n) is 2.02. The Bertz CT molecular complexity index is 537. The smallest absolute Gasteiger partial charge is 0.119 e. The molecule has 3 nitrogen and oxygen atoms in total. The third-order valence-corrected chi connectivity index (χ3v) is 3.16. The first-order valence-corrected chi connectivity index (χ1v) is 6.87. The van der Waals surface area contributed by atoms with Crippen molar-refractivity contribution in [2.45, 2.75) is 19.4 Å². The van der Waals surface area contributed by atoms with Gasteiger partial charge in [-0.2, -0.15) is 0 Å². The Labute approximate surface area is 120 Å². The van der Waals surface area contributed by atoms with Crippen LogP contribution in [0.2, 0.25) is 0 Å². The van der Waals surface area contributed by atoms with E-state index in [0.717, 1.165) is 35.7 Å². The Morgan fingerprint density at radius 1 is 1.00 bits per heavy atom. The first kappa shape index (κ1) is 14.4. The van der Waals surface area contributed by atoms with Gasteiger partial charge in [-0.15, -0.1) is 0 Å². The summed E-state index contributed by atoms with van der Waals surface area (Å²) in [5.74, 6) is 1.70. The number of rotatable bonds is 6. The van der Waals surface area contributed by atoms with E-state index < -0.39 is 0 Å². The van der Waals surface area contributed by atoms with Crippen molar-refractivity contribution in [2.75, 3.05) is 13.7 Å². The monoisotopic (exact) mass is 271 g/mol. The van der Waals surface area contributed by atoms with Crippen LogP contribution in [0.4, 0.5) is 0 Å². The lowest BCUT2D eigenvalue weighted by Crippen LogP contribution is -2.11. The van der Waals surface area contributed by atoms with Crippen LogP contribution in [0.1, 0.15) is 30.5 Å². The largest absolute Gasteiger partial charge is 0.497 e. The van der Waals surface area contributed by atoms with Crippen molar-refractivity contribution in [1.82, 2.24) is 0 Å². The molecule has 2 rings (SSSR count). The summed E-state index contributed by atoms with van der Waals surface area (Å²) in [4.78, 5) is 0. The minimum absolute atomic E-state index is 0.161. The quantitative estimate of drug-likeness (QED) is 0.874. The molecule has 0 aromatic heterocycles. The fourth-order valence-corrected chi connectivity index (χ4v) is 2.02. The van der Waals surface area contributed by atoms with Crippen LogP contribution in [0.3, 0.4) is 0 Å². The molecule has 0 fully saturated rings. The Balaban J connectivity index is 2.16. The van der Waals surface area contributed by atoms with Crippen LogP contribution in [0.5, 0.6) is 11.5 Å². The van der Waals surface area contributed by atoms with E-state index in [4.69, 9.17) is 15.2 Å². The van der Waals surface area contributed by atoms with Gasteiger partial charge in [-0.25, -0.2) is 0 Å². The first-order valence-electron chi connectivity index (χ1n) is 6.87. The van der Waals surface area contributed by atoms with Crippen LogP contribution in [0.25, 0.3) is 0 Å². The zero-order valence-corrected chi connectivity index (χ0v) is 12.0. The van der Waals surface area contributed by atoms with Gasteiger partial charge < -0.3 is 15.2 Å². The zero-order valence-electron chi connectivity index (χ0n) is 12.0. The Hall–Kier alpha value is -2.00. The van der Waals surface area contributed by atoms with E-state index in [1.54, 1.807) is 7.11 Å². The maximum absolute atomic E-state index is 6.31. The Morgan fingerprint density at radius 3 is 2.40 bits per heavy atom. The van der Waals surface area contributed by atoms with Gasteiger partial charge in [-0.1, -0.05) is 31.2 Å². The molecule has 1 unspecified atom stereocenters. The van der Waals surface area contributed by atoms with E-state index in [0.29, 0.717) is 0 Å². The summed E-state index contributed by atoms with van der Waals surface area (Å²) in [7, 11) is 1.66. The van der Waals surface area contributed by atoms with Gasteiger partial charge in [-0.3, -0.25) is 0 Å². The number of hydrogen-bond donors (Lipinski definition) is 1. The second-order valence-electron chi connectivity index (χ2n) is 4.67.